The largest absolute Gasteiger partial charge is 0.326 e. The smallest absolute Gasteiger partial charge is 0.319 e. The maximum absolute atomic E-state index is 13.0. The molecule has 2 aromatic carbocycles. The highest BCUT2D eigenvalue weighted by Crippen LogP contribution is 2.28. The fourth-order valence-corrected chi connectivity index (χ4v) is 3.96. The van der Waals surface area contributed by atoms with Crippen LogP contribution in [0, 0.1) is 19.8 Å². The second kappa shape index (κ2) is 10.6. The molecule has 0 bridgehead atoms. The van der Waals surface area contributed by atoms with Crippen molar-refractivity contribution in [3.63, 3.8) is 0 Å². The standard InChI is InChI=1S/C23H26ClN5O2S/c1-5-13(2)19(26-22(31)25-18-10-9-14(3)15(4)11-18)20(30)27-23-29-28-21(32-23)16-7-6-8-17(24)12-16/h6-13,19H,5H2,1-4H3,(H2,25,26,31)(H,27,29,30)/t13-,19-/m0/s1. The Morgan fingerprint density at radius 3 is 2.53 bits per heavy atom. The second-order valence-electron chi connectivity index (χ2n) is 7.67. The molecule has 2 atom stereocenters. The molecule has 0 saturated heterocycles. The minimum atomic E-state index is -0.731. The monoisotopic (exact) mass is 471 g/mol. The first-order valence-corrected chi connectivity index (χ1v) is 11.5. The molecule has 7 nitrogen and oxygen atoms in total. The highest BCUT2D eigenvalue weighted by Gasteiger charge is 2.27. The van der Waals surface area contributed by atoms with Crippen LogP contribution >= 0.6 is 22.9 Å². The normalized spacial score (nSPS) is 12.7. The van der Waals surface area contributed by atoms with Gasteiger partial charge in [0.25, 0.3) is 0 Å². The molecule has 0 fully saturated rings. The maximum atomic E-state index is 13.0. The molecule has 1 heterocycles. The topological polar surface area (TPSA) is 96.0 Å². The van der Waals surface area contributed by atoms with E-state index in [1.807, 2.05) is 58.0 Å². The van der Waals surface area contributed by atoms with Gasteiger partial charge in [-0.25, -0.2) is 4.79 Å². The molecule has 32 heavy (non-hydrogen) atoms. The summed E-state index contributed by atoms with van der Waals surface area (Å²) in [6.07, 6.45) is 0.714. The molecule has 0 aliphatic heterocycles. The third-order valence-electron chi connectivity index (χ3n) is 5.27. The molecule has 0 saturated carbocycles. The molecule has 1 aromatic heterocycles. The predicted molar refractivity (Wildman–Crippen MR) is 130 cm³/mol. The summed E-state index contributed by atoms with van der Waals surface area (Å²) in [5.41, 5.74) is 3.71. The lowest BCUT2D eigenvalue weighted by Gasteiger charge is -2.23. The van der Waals surface area contributed by atoms with Crippen LogP contribution in [-0.4, -0.2) is 28.2 Å². The lowest BCUT2D eigenvalue weighted by atomic mass is 9.98. The number of urea groups is 1. The van der Waals surface area contributed by atoms with Gasteiger partial charge in [0, 0.05) is 16.3 Å². The molecule has 3 aromatic rings. The van der Waals surface area contributed by atoms with Crippen LogP contribution in [0.15, 0.2) is 42.5 Å². The lowest BCUT2D eigenvalue weighted by molar-refractivity contribution is -0.119. The summed E-state index contributed by atoms with van der Waals surface area (Å²) in [6.45, 7) is 7.87. The van der Waals surface area contributed by atoms with Gasteiger partial charge in [0.2, 0.25) is 11.0 Å². The Balaban J connectivity index is 1.68. The van der Waals surface area contributed by atoms with E-state index in [9.17, 15) is 9.59 Å². The Morgan fingerprint density at radius 2 is 1.84 bits per heavy atom. The Hall–Kier alpha value is -2.97. The molecule has 0 aliphatic carbocycles. The zero-order valence-electron chi connectivity index (χ0n) is 18.4. The zero-order valence-corrected chi connectivity index (χ0v) is 20.0. The van der Waals surface area contributed by atoms with Crippen LogP contribution < -0.4 is 16.0 Å². The molecule has 3 amide bonds. The number of anilines is 2. The van der Waals surface area contributed by atoms with Crippen LogP contribution in [0.1, 0.15) is 31.4 Å². The fraction of sp³-hybridized carbons (Fsp3) is 0.304. The van der Waals surface area contributed by atoms with E-state index in [0.717, 1.165) is 16.7 Å². The van der Waals surface area contributed by atoms with Crippen LogP contribution in [0.25, 0.3) is 10.6 Å². The number of hydrogen-bond acceptors (Lipinski definition) is 5. The second-order valence-corrected chi connectivity index (χ2v) is 9.09. The molecule has 0 spiro atoms. The number of aryl methyl sites for hydroxylation is 2. The third-order valence-corrected chi connectivity index (χ3v) is 6.40. The SMILES string of the molecule is CC[C@H](C)[C@H](NC(=O)Nc1ccc(C)c(C)c1)C(=O)Nc1nnc(-c2cccc(Cl)c2)s1. The molecular weight excluding hydrogens is 446 g/mol. The molecule has 3 rings (SSSR count). The highest BCUT2D eigenvalue weighted by atomic mass is 35.5. The van der Waals surface area contributed by atoms with Crippen molar-refractivity contribution in [1.82, 2.24) is 15.5 Å². The summed E-state index contributed by atoms with van der Waals surface area (Å²) in [4.78, 5) is 25.5. The fourth-order valence-electron chi connectivity index (χ4n) is 3.02. The summed E-state index contributed by atoms with van der Waals surface area (Å²) in [5.74, 6) is -0.427. The Labute approximate surface area is 196 Å². The summed E-state index contributed by atoms with van der Waals surface area (Å²) < 4.78 is 0. The van der Waals surface area contributed by atoms with Gasteiger partial charge in [0.1, 0.15) is 11.0 Å². The van der Waals surface area contributed by atoms with E-state index >= 15 is 0 Å². The van der Waals surface area contributed by atoms with Gasteiger partial charge in [0.15, 0.2) is 0 Å². The van der Waals surface area contributed by atoms with Crippen molar-refractivity contribution in [2.24, 2.45) is 5.92 Å². The van der Waals surface area contributed by atoms with Crippen LogP contribution in [-0.2, 0) is 4.79 Å². The van der Waals surface area contributed by atoms with E-state index in [2.05, 4.69) is 26.1 Å². The molecule has 0 unspecified atom stereocenters. The number of amides is 3. The quantitative estimate of drug-likeness (QED) is 0.414. The van der Waals surface area contributed by atoms with Crippen molar-refractivity contribution in [3.05, 3.63) is 58.6 Å². The Morgan fingerprint density at radius 1 is 1.06 bits per heavy atom. The number of nitrogens with one attached hydrogen (secondary N) is 3. The van der Waals surface area contributed by atoms with E-state index in [0.29, 0.717) is 27.3 Å². The first-order chi connectivity index (χ1) is 15.3. The molecular formula is C23H26ClN5O2S. The van der Waals surface area contributed by atoms with Crippen LogP contribution in [0.5, 0.6) is 0 Å². The van der Waals surface area contributed by atoms with Crippen molar-refractivity contribution in [2.75, 3.05) is 10.6 Å². The van der Waals surface area contributed by atoms with E-state index in [1.165, 1.54) is 11.3 Å². The van der Waals surface area contributed by atoms with E-state index in [-0.39, 0.29) is 11.8 Å². The van der Waals surface area contributed by atoms with Gasteiger partial charge in [-0.1, -0.05) is 61.4 Å². The van der Waals surface area contributed by atoms with Crippen LogP contribution in [0.3, 0.4) is 0 Å². The van der Waals surface area contributed by atoms with Crippen molar-refractivity contribution in [2.45, 2.75) is 40.2 Å². The van der Waals surface area contributed by atoms with Crippen LogP contribution in [0.2, 0.25) is 5.02 Å². The first-order valence-electron chi connectivity index (χ1n) is 10.3. The number of rotatable bonds is 7. The van der Waals surface area contributed by atoms with Crippen molar-refractivity contribution < 1.29 is 9.59 Å². The number of carbonyl (C=O) groups excluding carboxylic acids is 2. The van der Waals surface area contributed by atoms with Gasteiger partial charge in [0.05, 0.1) is 0 Å². The van der Waals surface area contributed by atoms with Gasteiger partial charge in [-0.2, -0.15) is 0 Å². The number of hydrogen-bond donors (Lipinski definition) is 3. The minimum absolute atomic E-state index is 0.0826. The highest BCUT2D eigenvalue weighted by molar-refractivity contribution is 7.18. The van der Waals surface area contributed by atoms with E-state index < -0.39 is 12.1 Å². The van der Waals surface area contributed by atoms with Gasteiger partial charge >= 0.3 is 6.03 Å². The van der Waals surface area contributed by atoms with Crippen molar-refractivity contribution in [1.29, 1.82) is 0 Å². The van der Waals surface area contributed by atoms with E-state index in [4.69, 9.17) is 11.6 Å². The van der Waals surface area contributed by atoms with Gasteiger partial charge < -0.3 is 10.6 Å². The van der Waals surface area contributed by atoms with Crippen molar-refractivity contribution >= 4 is 45.7 Å². The predicted octanol–water partition coefficient (Wildman–Crippen LogP) is 5.65. The maximum Gasteiger partial charge on any atom is 0.319 e. The molecule has 3 N–H and O–H groups in total. The number of aromatic nitrogens is 2. The van der Waals surface area contributed by atoms with Crippen molar-refractivity contribution in [3.8, 4) is 10.6 Å². The van der Waals surface area contributed by atoms with E-state index in [1.54, 1.807) is 12.1 Å². The number of carbonyl (C=O) groups is 2. The third kappa shape index (κ3) is 6.05. The summed E-state index contributed by atoms with van der Waals surface area (Å²) >= 11 is 7.28. The lowest BCUT2D eigenvalue weighted by Crippen LogP contribution is -2.49. The zero-order chi connectivity index (χ0) is 23.3. The summed E-state index contributed by atoms with van der Waals surface area (Å²) in [6, 6.07) is 11.8. The number of nitrogens with zero attached hydrogens (tertiary/aromatic N) is 2. The summed E-state index contributed by atoms with van der Waals surface area (Å²) in [5, 5.41) is 18.2. The number of halogens is 1. The van der Waals surface area contributed by atoms with Gasteiger partial charge in [-0.15, -0.1) is 10.2 Å². The molecule has 9 heteroatoms. The average Bonchev–Trinajstić information content (AvgIpc) is 3.22. The Bertz CT molecular complexity index is 1120. The minimum Gasteiger partial charge on any atom is -0.326 e. The first kappa shape index (κ1) is 23.7. The van der Waals surface area contributed by atoms with Gasteiger partial charge in [-0.3, -0.25) is 10.1 Å². The van der Waals surface area contributed by atoms with Gasteiger partial charge in [-0.05, 0) is 55.2 Å². The Kier molecular flexibility index (Phi) is 7.82. The molecule has 0 aliphatic rings. The van der Waals surface area contributed by atoms with Crippen LogP contribution in [0.4, 0.5) is 15.6 Å². The summed E-state index contributed by atoms with van der Waals surface area (Å²) in [7, 11) is 0. The molecule has 0 radical (unpaired) electrons. The number of benzene rings is 2. The average molecular weight is 472 g/mol. The molecule has 168 valence electrons.